The second-order valence-electron chi connectivity index (χ2n) is 8.91. The molecule has 1 aliphatic heterocycles. The van der Waals surface area contributed by atoms with Gasteiger partial charge in [-0.1, -0.05) is 36.4 Å². The SMILES string of the molecule is CN(C(=O)c1cccs1)C(Cc1ccccc1)C1CCN(C(=O)c2ccc3c(c2)no[n+]3[O-])CC1. The van der Waals surface area contributed by atoms with E-state index in [4.69, 9.17) is 0 Å². The van der Waals surface area contributed by atoms with E-state index >= 15 is 0 Å². The molecule has 9 heteroatoms. The second-order valence-corrected chi connectivity index (χ2v) is 9.86. The molecule has 180 valence electrons. The van der Waals surface area contributed by atoms with Crippen LogP contribution in [0.4, 0.5) is 0 Å². The van der Waals surface area contributed by atoms with Gasteiger partial charge in [-0.05, 0) is 59.2 Å². The highest BCUT2D eigenvalue weighted by atomic mass is 32.1. The van der Waals surface area contributed by atoms with Crippen molar-refractivity contribution in [3.63, 3.8) is 0 Å². The highest BCUT2D eigenvalue weighted by molar-refractivity contribution is 7.12. The molecule has 0 saturated carbocycles. The molecule has 2 aromatic heterocycles. The molecule has 0 bridgehead atoms. The number of hydrogen-bond acceptors (Lipinski definition) is 6. The Morgan fingerprint density at radius 1 is 1.17 bits per heavy atom. The molecule has 1 unspecified atom stereocenters. The van der Waals surface area contributed by atoms with Crippen LogP contribution in [0.3, 0.4) is 0 Å². The van der Waals surface area contributed by atoms with E-state index in [2.05, 4.69) is 21.9 Å². The number of rotatable bonds is 6. The molecule has 0 aliphatic carbocycles. The van der Waals surface area contributed by atoms with Gasteiger partial charge < -0.3 is 15.0 Å². The van der Waals surface area contributed by atoms with Gasteiger partial charge in [-0.25, -0.2) is 0 Å². The molecule has 8 nitrogen and oxygen atoms in total. The van der Waals surface area contributed by atoms with Crippen molar-refractivity contribution < 1.29 is 19.1 Å². The molecule has 5 rings (SSSR count). The van der Waals surface area contributed by atoms with E-state index in [1.807, 2.05) is 52.6 Å². The Balaban J connectivity index is 1.30. The van der Waals surface area contributed by atoms with Gasteiger partial charge in [0.25, 0.3) is 11.8 Å². The Morgan fingerprint density at radius 2 is 1.94 bits per heavy atom. The van der Waals surface area contributed by atoms with E-state index in [1.165, 1.54) is 16.9 Å². The molecule has 35 heavy (non-hydrogen) atoms. The largest absolute Gasteiger partial charge is 0.359 e. The van der Waals surface area contributed by atoms with Gasteiger partial charge in [0, 0.05) is 43.0 Å². The topological polar surface area (TPSA) is 93.6 Å². The monoisotopic (exact) mass is 490 g/mol. The lowest BCUT2D eigenvalue weighted by Crippen LogP contribution is -2.48. The number of thiophene rings is 1. The quantitative estimate of drug-likeness (QED) is 0.384. The van der Waals surface area contributed by atoms with Crippen LogP contribution in [0.15, 0.2) is 70.7 Å². The average molecular weight is 491 g/mol. The molecule has 1 aliphatic rings. The molecule has 0 spiro atoms. The lowest BCUT2D eigenvalue weighted by Gasteiger charge is -2.40. The summed E-state index contributed by atoms with van der Waals surface area (Å²) >= 11 is 1.46. The summed E-state index contributed by atoms with van der Waals surface area (Å²) in [6.07, 6.45) is 2.38. The Kier molecular flexibility index (Phi) is 6.50. The molecule has 4 aromatic rings. The Labute approximate surface area is 206 Å². The third-order valence-corrected chi connectivity index (χ3v) is 7.70. The van der Waals surface area contributed by atoms with Crippen LogP contribution in [0.1, 0.15) is 38.4 Å². The summed E-state index contributed by atoms with van der Waals surface area (Å²) in [4.78, 5) is 31.1. The Morgan fingerprint density at radius 3 is 2.66 bits per heavy atom. The number of aromatic nitrogens is 2. The van der Waals surface area contributed by atoms with Crippen LogP contribution in [0.25, 0.3) is 11.0 Å². The third-order valence-electron chi connectivity index (χ3n) is 6.84. The Hall–Kier alpha value is -3.72. The first-order valence-electron chi connectivity index (χ1n) is 11.6. The molecule has 3 heterocycles. The lowest BCUT2D eigenvalue weighted by atomic mass is 9.84. The van der Waals surface area contributed by atoms with Crippen molar-refractivity contribution >= 4 is 34.2 Å². The van der Waals surface area contributed by atoms with Gasteiger partial charge in [0.05, 0.1) is 4.88 Å². The summed E-state index contributed by atoms with van der Waals surface area (Å²) in [5, 5.41) is 17.2. The minimum atomic E-state index is -0.0894. The zero-order valence-corrected chi connectivity index (χ0v) is 20.2. The van der Waals surface area contributed by atoms with Crippen molar-refractivity contribution in [3.05, 3.63) is 87.3 Å². The van der Waals surface area contributed by atoms with Crippen molar-refractivity contribution in [1.82, 2.24) is 15.0 Å². The van der Waals surface area contributed by atoms with Crippen molar-refractivity contribution in [2.45, 2.75) is 25.3 Å². The average Bonchev–Trinajstić information content (AvgIpc) is 3.57. The smallest absolute Gasteiger partial charge is 0.263 e. The van der Waals surface area contributed by atoms with Crippen LogP contribution in [0, 0.1) is 11.1 Å². The highest BCUT2D eigenvalue weighted by Gasteiger charge is 2.33. The van der Waals surface area contributed by atoms with Crippen molar-refractivity contribution in [2.75, 3.05) is 20.1 Å². The summed E-state index contributed by atoms with van der Waals surface area (Å²) in [7, 11) is 1.89. The predicted octanol–water partition coefficient (Wildman–Crippen LogP) is 3.76. The van der Waals surface area contributed by atoms with Gasteiger partial charge in [-0.2, -0.15) is 0 Å². The third kappa shape index (κ3) is 4.77. The van der Waals surface area contributed by atoms with Crippen LogP contribution in [-0.4, -0.2) is 52.9 Å². The molecule has 0 radical (unpaired) electrons. The fraction of sp³-hybridized carbons (Fsp3) is 0.308. The van der Waals surface area contributed by atoms with Gasteiger partial charge >= 0.3 is 0 Å². The van der Waals surface area contributed by atoms with Gasteiger partial charge in [0.2, 0.25) is 11.0 Å². The second kappa shape index (κ2) is 9.87. The molecule has 2 aromatic carbocycles. The van der Waals surface area contributed by atoms with E-state index in [0.29, 0.717) is 34.6 Å². The molecule has 1 fully saturated rings. The number of piperidine rings is 1. The zero-order chi connectivity index (χ0) is 24.4. The van der Waals surface area contributed by atoms with E-state index < -0.39 is 0 Å². The maximum Gasteiger partial charge on any atom is 0.263 e. The van der Waals surface area contributed by atoms with Crippen LogP contribution in [0.2, 0.25) is 0 Å². The van der Waals surface area contributed by atoms with Gasteiger partial charge in [0.1, 0.15) is 0 Å². The number of benzene rings is 2. The van der Waals surface area contributed by atoms with Crippen LogP contribution in [0.5, 0.6) is 0 Å². The lowest BCUT2D eigenvalue weighted by molar-refractivity contribution is -0.782. The van der Waals surface area contributed by atoms with E-state index in [0.717, 1.165) is 24.1 Å². The number of carbonyl (C=O) groups is 2. The molecule has 1 atom stereocenters. The Bertz CT molecular complexity index is 1310. The molecule has 0 N–H and O–H groups in total. The first-order chi connectivity index (χ1) is 17.0. The highest BCUT2D eigenvalue weighted by Crippen LogP contribution is 2.29. The number of carbonyl (C=O) groups excluding carboxylic acids is 2. The molecule has 2 amide bonds. The maximum atomic E-state index is 13.2. The van der Waals surface area contributed by atoms with E-state index in [1.54, 1.807) is 18.2 Å². The first-order valence-corrected chi connectivity index (χ1v) is 12.5. The summed E-state index contributed by atoms with van der Waals surface area (Å²) in [5.74, 6) is 0.218. The van der Waals surface area contributed by atoms with Crippen molar-refractivity contribution in [1.29, 1.82) is 0 Å². The maximum absolute atomic E-state index is 13.2. The van der Waals surface area contributed by atoms with Gasteiger partial charge in [-0.15, -0.1) is 11.3 Å². The number of likely N-dealkylation sites (tertiary alicyclic amines) is 1. The van der Waals surface area contributed by atoms with Gasteiger partial charge in [0.15, 0.2) is 0 Å². The molecule has 1 saturated heterocycles. The van der Waals surface area contributed by atoms with Crippen LogP contribution < -0.4 is 4.90 Å². The number of nitrogens with zero attached hydrogens (tertiary/aromatic N) is 4. The fourth-order valence-electron chi connectivity index (χ4n) is 4.88. The predicted molar refractivity (Wildman–Crippen MR) is 132 cm³/mol. The summed E-state index contributed by atoms with van der Waals surface area (Å²) in [6, 6.07) is 18.8. The normalized spacial score (nSPS) is 15.3. The number of fused-ring (bicyclic) bond motifs is 1. The molecular weight excluding hydrogens is 464 g/mol. The van der Waals surface area contributed by atoms with Crippen molar-refractivity contribution in [3.8, 4) is 0 Å². The molecular formula is C26H26N4O4S. The minimum absolute atomic E-state index is 0.0308. The van der Waals surface area contributed by atoms with Crippen LogP contribution in [-0.2, 0) is 6.42 Å². The summed E-state index contributed by atoms with van der Waals surface area (Å²) in [6.45, 7) is 1.21. The fourth-order valence-corrected chi connectivity index (χ4v) is 5.58. The zero-order valence-electron chi connectivity index (χ0n) is 19.4. The summed E-state index contributed by atoms with van der Waals surface area (Å²) < 4.78 is 4.61. The first kappa shape index (κ1) is 23.0. The van der Waals surface area contributed by atoms with E-state index in [9.17, 15) is 14.8 Å². The summed E-state index contributed by atoms with van der Waals surface area (Å²) in [5.41, 5.74) is 2.33. The standard InChI is InChI=1S/C26H26N4O4S/c1-28(26(32)24-8-5-15-35-24)23(16-18-6-3-2-4-7-18)19-11-13-29(14-12-19)25(31)20-9-10-22-21(17-20)27-34-30(22)33/h2-10,15,17,19,23H,11-14,16H2,1H3. The minimum Gasteiger partial charge on any atom is -0.359 e. The van der Waals surface area contributed by atoms with Gasteiger partial charge in [-0.3, -0.25) is 14.2 Å². The van der Waals surface area contributed by atoms with E-state index in [-0.39, 0.29) is 23.8 Å². The van der Waals surface area contributed by atoms with Crippen molar-refractivity contribution in [2.24, 2.45) is 5.92 Å². The number of likely N-dealkylation sites (N-methyl/N-ethyl adjacent to an activating group) is 1. The number of hydrogen-bond donors (Lipinski definition) is 0. The van der Waals surface area contributed by atoms with Crippen LogP contribution >= 0.6 is 11.3 Å². The number of amides is 2.